The highest BCUT2D eigenvalue weighted by atomic mass is 19.4. The highest BCUT2D eigenvalue weighted by molar-refractivity contribution is 5.95. The summed E-state index contributed by atoms with van der Waals surface area (Å²) in [7, 11) is 0. The van der Waals surface area contributed by atoms with Crippen LogP contribution < -0.4 is 10.1 Å². The molecule has 1 atom stereocenters. The Morgan fingerprint density at radius 1 is 1.30 bits per heavy atom. The average molecular weight is 333 g/mol. The maximum atomic E-state index is 12.2. The Balaban J connectivity index is 2.06. The van der Waals surface area contributed by atoms with Gasteiger partial charge >= 0.3 is 12.3 Å². The second kappa shape index (κ2) is 6.45. The molecule has 1 aliphatic heterocycles. The molecule has 1 aromatic carbocycles. The maximum Gasteiger partial charge on any atom is 0.573 e. The van der Waals surface area contributed by atoms with E-state index in [4.69, 9.17) is 9.84 Å². The van der Waals surface area contributed by atoms with Crippen molar-refractivity contribution in [1.29, 1.82) is 0 Å². The molecule has 0 aliphatic carbocycles. The fraction of sp³-hybridized carbons (Fsp3) is 0.429. The minimum Gasteiger partial charge on any atom is -0.481 e. The SMILES string of the molecule is O=C(O)CC1(NC(=O)c2ccc(OC(F)(F)F)cc2)CCOC1. The van der Waals surface area contributed by atoms with E-state index in [1.807, 2.05) is 0 Å². The van der Waals surface area contributed by atoms with Crippen molar-refractivity contribution >= 4 is 11.9 Å². The first kappa shape index (κ1) is 17.1. The predicted molar refractivity (Wildman–Crippen MR) is 71.0 cm³/mol. The van der Waals surface area contributed by atoms with Crippen LogP contribution >= 0.6 is 0 Å². The molecule has 2 rings (SSSR count). The number of benzene rings is 1. The lowest BCUT2D eigenvalue weighted by molar-refractivity contribution is -0.274. The number of nitrogens with one attached hydrogen (secondary N) is 1. The lowest BCUT2D eigenvalue weighted by Crippen LogP contribution is -2.50. The number of carbonyl (C=O) groups excluding carboxylic acids is 1. The Hall–Kier alpha value is -2.29. The number of halogens is 3. The van der Waals surface area contributed by atoms with Gasteiger partial charge in [-0.2, -0.15) is 0 Å². The van der Waals surface area contributed by atoms with Gasteiger partial charge in [-0.3, -0.25) is 9.59 Å². The molecule has 23 heavy (non-hydrogen) atoms. The van der Waals surface area contributed by atoms with E-state index < -0.39 is 29.5 Å². The van der Waals surface area contributed by atoms with Gasteiger partial charge in [0.1, 0.15) is 5.75 Å². The molecule has 1 aromatic rings. The number of alkyl halides is 3. The van der Waals surface area contributed by atoms with E-state index in [1.165, 1.54) is 12.1 Å². The molecule has 1 saturated heterocycles. The molecule has 0 aromatic heterocycles. The zero-order chi connectivity index (χ0) is 17.1. The monoisotopic (exact) mass is 333 g/mol. The van der Waals surface area contributed by atoms with E-state index in [2.05, 4.69) is 10.1 Å². The van der Waals surface area contributed by atoms with Gasteiger partial charge in [-0.15, -0.1) is 13.2 Å². The predicted octanol–water partition coefficient (Wildman–Crippen LogP) is 1.95. The van der Waals surface area contributed by atoms with Crippen LogP contribution in [0.5, 0.6) is 5.75 Å². The molecular formula is C14H14F3NO5. The molecule has 0 radical (unpaired) electrons. The molecule has 1 unspecified atom stereocenters. The maximum absolute atomic E-state index is 12.2. The summed E-state index contributed by atoms with van der Waals surface area (Å²) >= 11 is 0. The number of hydrogen-bond acceptors (Lipinski definition) is 4. The van der Waals surface area contributed by atoms with Gasteiger partial charge in [-0.05, 0) is 30.7 Å². The number of rotatable bonds is 5. The second-order valence-corrected chi connectivity index (χ2v) is 5.18. The second-order valence-electron chi connectivity index (χ2n) is 5.18. The Bertz CT molecular complexity index is 579. The van der Waals surface area contributed by atoms with E-state index in [1.54, 1.807) is 0 Å². The van der Waals surface area contributed by atoms with Crippen LogP contribution in [0.2, 0.25) is 0 Å². The van der Waals surface area contributed by atoms with E-state index in [0.29, 0.717) is 13.0 Å². The number of carboxylic acids is 1. The van der Waals surface area contributed by atoms with Crippen molar-refractivity contribution in [3.05, 3.63) is 29.8 Å². The molecule has 1 fully saturated rings. The first-order chi connectivity index (χ1) is 10.7. The molecule has 2 N–H and O–H groups in total. The van der Waals surface area contributed by atoms with Gasteiger partial charge in [0.05, 0.1) is 18.6 Å². The minimum atomic E-state index is -4.81. The molecule has 1 aliphatic rings. The molecule has 9 heteroatoms. The van der Waals surface area contributed by atoms with E-state index in [-0.39, 0.29) is 18.6 Å². The summed E-state index contributed by atoms with van der Waals surface area (Å²) in [5, 5.41) is 11.5. The van der Waals surface area contributed by atoms with Crippen molar-refractivity contribution in [2.45, 2.75) is 24.7 Å². The van der Waals surface area contributed by atoms with Crippen LogP contribution in [0.25, 0.3) is 0 Å². The van der Waals surface area contributed by atoms with Gasteiger partial charge in [0.15, 0.2) is 0 Å². The molecule has 1 amide bonds. The summed E-state index contributed by atoms with van der Waals surface area (Å²) in [6.07, 6.45) is -4.76. The van der Waals surface area contributed by atoms with Crippen molar-refractivity contribution < 1.29 is 37.3 Å². The molecular weight excluding hydrogens is 319 g/mol. The number of hydrogen-bond donors (Lipinski definition) is 2. The molecule has 0 spiro atoms. The number of carboxylic acid groups (broad SMARTS) is 1. The quantitative estimate of drug-likeness (QED) is 0.860. The Labute approximate surface area is 129 Å². The van der Waals surface area contributed by atoms with Gasteiger partial charge in [-0.25, -0.2) is 0 Å². The van der Waals surface area contributed by atoms with Crippen LogP contribution in [-0.4, -0.2) is 42.1 Å². The summed E-state index contributed by atoms with van der Waals surface area (Å²) in [6, 6.07) is 4.36. The van der Waals surface area contributed by atoms with Crippen LogP contribution in [0.15, 0.2) is 24.3 Å². The fourth-order valence-electron chi connectivity index (χ4n) is 2.30. The van der Waals surface area contributed by atoms with Crippen molar-refractivity contribution in [1.82, 2.24) is 5.32 Å². The molecule has 0 bridgehead atoms. The van der Waals surface area contributed by atoms with Gasteiger partial charge in [0, 0.05) is 12.2 Å². The van der Waals surface area contributed by atoms with Gasteiger partial charge in [0.25, 0.3) is 5.91 Å². The summed E-state index contributed by atoms with van der Waals surface area (Å²) in [5.41, 5.74) is -0.916. The summed E-state index contributed by atoms with van der Waals surface area (Å²) < 4.78 is 45.1. The highest BCUT2D eigenvalue weighted by Gasteiger charge is 2.38. The molecule has 126 valence electrons. The van der Waals surface area contributed by atoms with Gasteiger partial charge in [-0.1, -0.05) is 0 Å². The van der Waals surface area contributed by atoms with Crippen LogP contribution in [0, 0.1) is 0 Å². The Kier molecular flexibility index (Phi) is 4.79. The number of aliphatic carboxylic acids is 1. The standard InChI is InChI=1S/C14H14F3NO5/c15-14(16,17)23-10-3-1-9(2-4-10)12(21)18-13(7-11(19)20)5-6-22-8-13/h1-4H,5-8H2,(H,18,21)(H,19,20). The van der Waals surface area contributed by atoms with Gasteiger partial charge < -0.3 is 19.9 Å². The van der Waals surface area contributed by atoms with Crippen molar-refractivity contribution in [2.75, 3.05) is 13.2 Å². The first-order valence-corrected chi connectivity index (χ1v) is 6.67. The highest BCUT2D eigenvalue weighted by Crippen LogP contribution is 2.25. The Morgan fingerprint density at radius 3 is 2.43 bits per heavy atom. The fourth-order valence-corrected chi connectivity index (χ4v) is 2.30. The number of amides is 1. The summed E-state index contributed by atoms with van der Waals surface area (Å²) in [5.74, 6) is -2.11. The molecule has 6 nitrogen and oxygen atoms in total. The third-order valence-corrected chi connectivity index (χ3v) is 3.32. The lowest BCUT2D eigenvalue weighted by Gasteiger charge is -2.27. The number of ether oxygens (including phenoxy) is 2. The topological polar surface area (TPSA) is 84.9 Å². The molecule has 0 saturated carbocycles. The third-order valence-electron chi connectivity index (χ3n) is 3.32. The van der Waals surface area contributed by atoms with Gasteiger partial charge in [0.2, 0.25) is 0 Å². The lowest BCUT2D eigenvalue weighted by atomic mass is 9.93. The van der Waals surface area contributed by atoms with Crippen molar-refractivity contribution in [3.8, 4) is 5.75 Å². The normalized spacial score (nSPS) is 21.0. The third kappa shape index (κ3) is 4.85. The minimum absolute atomic E-state index is 0.0698. The Morgan fingerprint density at radius 2 is 1.96 bits per heavy atom. The summed E-state index contributed by atoms with van der Waals surface area (Å²) in [4.78, 5) is 23.1. The van der Waals surface area contributed by atoms with Crippen LogP contribution in [0.1, 0.15) is 23.2 Å². The summed E-state index contributed by atoms with van der Waals surface area (Å²) in [6.45, 7) is 0.395. The first-order valence-electron chi connectivity index (χ1n) is 6.67. The van der Waals surface area contributed by atoms with Crippen LogP contribution in [0.3, 0.4) is 0 Å². The zero-order valence-electron chi connectivity index (χ0n) is 11.9. The molecule has 1 heterocycles. The van der Waals surface area contributed by atoms with E-state index in [0.717, 1.165) is 12.1 Å². The van der Waals surface area contributed by atoms with E-state index in [9.17, 15) is 22.8 Å². The van der Waals surface area contributed by atoms with Crippen molar-refractivity contribution in [3.63, 3.8) is 0 Å². The van der Waals surface area contributed by atoms with Crippen LogP contribution in [-0.2, 0) is 9.53 Å². The van der Waals surface area contributed by atoms with Crippen LogP contribution in [0.4, 0.5) is 13.2 Å². The smallest absolute Gasteiger partial charge is 0.481 e. The zero-order valence-corrected chi connectivity index (χ0v) is 11.9. The average Bonchev–Trinajstić information content (AvgIpc) is 2.84. The van der Waals surface area contributed by atoms with E-state index >= 15 is 0 Å². The van der Waals surface area contributed by atoms with Crippen molar-refractivity contribution in [2.24, 2.45) is 0 Å². The number of carbonyl (C=O) groups is 2. The largest absolute Gasteiger partial charge is 0.573 e.